The fourth-order valence-corrected chi connectivity index (χ4v) is 2.23. The van der Waals surface area contributed by atoms with Crippen molar-refractivity contribution in [3.63, 3.8) is 0 Å². The molecule has 0 spiro atoms. The molecule has 1 aromatic carbocycles. The second-order valence-electron chi connectivity index (χ2n) is 5.91. The van der Waals surface area contributed by atoms with E-state index < -0.39 is 0 Å². The predicted octanol–water partition coefficient (Wildman–Crippen LogP) is 3.33. The topological polar surface area (TPSA) is 27.0 Å². The van der Waals surface area contributed by atoms with Crippen LogP contribution in [0.3, 0.4) is 0 Å². The molecule has 2 heteroatoms. The monoisotopic (exact) mass is 244 g/mol. The number of nitriles is 1. The Morgan fingerprint density at radius 1 is 1.28 bits per heavy atom. The first-order chi connectivity index (χ1) is 8.34. The van der Waals surface area contributed by atoms with Crippen LogP contribution >= 0.6 is 0 Å². The van der Waals surface area contributed by atoms with E-state index in [0.29, 0.717) is 0 Å². The highest BCUT2D eigenvalue weighted by Gasteiger charge is 2.18. The van der Waals surface area contributed by atoms with Crippen LogP contribution in [0.15, 0.2) is 18.2 Å². The fraction of sp³-hybridized carbons (Fsp3) is 0.562. The van der Waals surface area contributed by atoms with E-state index in [1.165, 1.54) is 16.7 Å². The molecule has 0 saturated heterocycles. The maximum Gasteiger partial charge on any atom is 0.0697 e. The Morgan fingerprint density at radius 2 is 1.94 bits per heavy atom. The second-order valence-corrected chi connectivity index (χ2v) is 5.91. The lowest BCUT2D eigenvalue weighted by Gasteiger charge is -2.24. The maximum atomic E-state index is 9.03. The molecule has 0 aliphatic rings. The van der Waals surface area contributed by atoms with Crippen LogP contribution in [0.5, 0.6) is 0 Å². The zero-order valence-corrected chi connectivity index (χ0v) is 12.2. The van der Waals surface area contributed by atoms with Crippen molar-refractivity contribution in [1.82, 2.24) is 4.90 Å². The van der Waals surface area contributed by atoms with Gasteiger partial charge in [-0.2, -0.15) is 5.26 Å². The van der Waals surface area contributed by atoms with Gasteiger partial charge >= 0.3 is 0 Å². The Hall–Kier alpha value is -1.33. The van der Waals surface area contributed by atoms with Crippen molar-refractivity contribution in [1.29, 1.82) is 5.26 Å². The standard InChI is InChI=1S/C16H24N2/c1-13-6-7-15(14(2)10-13)8-9-18(5)12-16(3,4)11-17/h6-7,10H,8-9,12H2,1-5H3. The maximum absolute atomic E-state index is 9.03. The van der Waals surface area contributed by atoms with Gasteiger partial charge in [-0.05, 0) is 52.3 Å². The van der Waals surface area contributed by atoms with Crippen molar-refractivity contribution < 1.29 is 0 Å². The van der Waals surface area contributed by atoms with Crippen LogP contribution < -0.4 is 0 Å². The highest BCUT2D eigenvalue weighted by atomic mass is 15.1. The Labute approximate surface area is 111 Å². The van der Waals surface area contributed by atoms with Gasteiger partial charge in [0.25, 0.3) is 0 Å². The molecule has 0 bridgehead atoms. The van der Waals surface area contributed by atoms with Gasteiger partial charge < -0.3 is 4.90 Å². The minimum atomic E-state index is -0.267. The lowest BCUT2D eigenvalue weighted by molar-refractivity contribution is 0.258. The average molecular weight is 244 g/mol. The van der Waals surface area contributed by atoms with Crippen molar-refractivity contribution in [2.45, 2.75) is 34.1 Å². The predicted molar refractivity (Wildman–Crippen MR) is 76.5 cm³/mol. The Morgan fingerprint density at radius 3 is 2.50 bits per heavy atom. The minimum absolute atomic E-state index is 0.267. The van der Waals surface area contributed by atoms with Crippen LogP contribution in [-0.2, 0) is 6.42 Å². The molecule has 0 amide bonds. The van der Waals surface area contributed by atoms with E-state index in [9.17, 15) is 0 Å². The van der Waals surface area contributed by atoms with Gasteiger partial charge in [0.05, 0.1) is 11.5 Å². The molecule has 0 N–H and O–H groups in total. The number of aryl methyl sites for hydroxylation is 2. The van der Waals surface area contributed by atoms with Crippen molar-refractivity contribution in [3.8, 4) is 6.07 Å². The summed E-state index contributed by atoms with van der Waals surface area (Å²) in [6.45, 7) is 10.1. The summed E-state index contributed by atoms with van der Waals surface area (Å²) in [6, 6.07) is 8.96. The largest absolute Gasteiger partial charge is 0.304 e. The summed E-state index contributed by atoms with van der Waals surface area (Å²) in [7, 11) is 2.09. The van der Waals surface area contributed by atoms with Crippen LogP contribution in [0.2, 0.25) is 0 Å². The molecule has 98 valence electrons. The third-order valence-corrected chi connectivity index (χ3v) is 3.23. The zero-order valence-electron chi connectivity index (χ0n) is 12.2. The minimum Gasteiger partial charge on any atom is -0.304 e. The molecule has 0 fully saturated rings. The van der Waals surface area contributed by atoms with Crippen LogP contribution in [-0.4, -0.2) is 25.0 Å². The molecule has 0 unspecified atom stereocenters. The number of nitrogens with zero attached hydrogens (tertiary/aromatic N) is 2. The van der Waals surface area contributed by atoms with Crippen LogP contribution in [0, 0.1) is 30.6 Å². The average Bonchev–Trinajstić information content (AvgIpc) is 2.27. The Bertz CT molecular complexity index is 441. The highest BCUT2D eigenvalue weighted by molar-refractivity contribution is 5.30. The van der Waals surface area contributed by atoms with E-state index in [2.05, 4.69) is 50.1 Å². The van der Waals surface area contributed by atoms with Gasteiger partial charge in [0, 0.05) is 13.1 Å². The van der Waals surface area contributed by atoms with Gasteiger partial charge in [-0.25, -0.2) is 0 Å². The summed E-state index contributed by atoms with van der Waals surface area (Å²) in [6.07, 6.45) is 1.05. The van der Waals surface area contributed by atoms with E-state index in [1.54, 1.807) is 0 Å². The lowest BCUT2D eigenvalue weighted by atomic mass is 9.95. The van der Waals surface area contributed by atoms with Gasteiger partial charge in [0.15, 0.2) is 0 Å². The molecule has 0 aromatic heterocycles. The van der Waals surface area contributed by atoms with E-state index in [-0.39, 0.29) is 5.41 Å². The molecule has 18 heavy (non-hydrogen) atoms. The Kier molecular flexibility index (Phi) is 4.93. The van der Waals surface area contributed by atoms with Crippen LogP contribution in [0.1, 0.15) is 30.5 Å². The third kappa shape index (κ3) is 4.50. The zero-order chi connectivity index (χ0) is 13.8. The summed E-state index contributed by atoms with van der Waals surface area (Å²) in [5.74, 6) is 0. The van der Waals surface area contributed by atoms with Crippen molar-refractivity contribution >= 4 is 0 Å². The molecule has 1 rings (SSSR count). The van der Waals surface area contributed by atoms with Gasteiger partial charge in [-0.1, -0.05) is 23.8 Å². The second kappa shape index (κ2) is 6.02. The summed E-state index contributed by atoms with van der Waals surface area (Å²) < 4.78 is 0. The first-order valence-corrected chi connectivity index (χ1v) is 6.50. The summed E-state index contributed by atoms with van der Waals surface area (Å²) in [4.78, 5) is 2.24. The summed E-state index contributed by atoms with van der Waals surface area (Å²) in [5.41, 5.74) is 3.82. The molecule has 0 aliphatic carbocycles. The number of rotatable bonds is 5. The first-order valence-electron chi connectivity index (χ1n) is 6.50. The molecule has 0 radical (unpaired) electrons. The van der Waals surface area contributed by atoms with E-state index in [0.717, 1.165) is 19.5 Å². The smallest absolute Gasteiger partial charge is 0.0697 e. The molecule has 0 aliphatic heterocycles. The fourth-order valence-electron chi connectivity index (χ4n) is 2.23. The Balaban J connectivity index is 2.53. The van der Waals surface area contributed by atoms with Crippen LogP contribution in [0.25, 0.3) is 0 Å². The summed E-state index contributed by atoms with van der Waals surface area (Å²) >= 11 is 0. The lowest BCUT2D eigenvalue weighted by Crippen LogP contribution is -2.31. The number of likely N-dealkylation sites (N-methyl/N-ethyl adjacent to an activating group) is 1. The normalized spacial score (nSPS) is 11.6. The van der Waals surface area contributed by atoms with Crippen molar-refractivity contribution in [3.05, 3.63) is 34.9 Å². The van der Waals surface area contributed by atoms with E-state index >= 15 is 0 Å². The quantitative estimate of drug-likeness (QED) is 0.794. The van der Waals surface area contributed by atoms with E-state index in [1.807, 2.05) is 13.8 Å². The van der Waals surface area contributed by atoms with Gasteiger partial charge in [-0.3, -0.25) is 0 Å². The van der Waals surface area contributed by atoms with E-state index in [4.69, 9.17) is 5.26 Å². The molecular weight excluding hydrogens is 220 g/mol. The molecule has 2 nitrogen and oxygen atoms in total. The number of hydrogen-bond acceptors (Lipinski definition) is 2. The molecule has 0 saturated carbocycles. The molecule has 0 atom stereocenters. The molecule has 0 heterocycles. The van der Waals surface area contributed by atoms with Gasteiger partial charge in [0.1, 0.15) is 0 Å². The van der Waals surface area contributed by atoms with Crippen molar-refractivity contribution in [2.24, 2.45) is 5.41 Å². The molecule has 1 aromatic rings. The van der Waals surface area contributed by atoms with Gasteiger partial charge in [0.2, 0.25) is 0 Å². The number of hydrogen-bond donors (Lipinski definition) is 0. The van der Waals surface area contributed by atoms with Crippen LogP contribution in [0.4, 0.5) is 0 Å². The van der Waals surface area contributed by atoms with Crippen molar-refractivity contribution in [2.75, 3.05) is 20.1 Å². The summed E-state index contributed by atoms with van der Waals surface area (Å²) in [5, 5.41) is 9.03. The number of benzene rings is 1. The first kappa shape index (κ1) is 14.7. The van der Waals surface area contributed by atoms with Gasteiger partial charge in [-0.15, -0.1) is 0 Å². The SMILES string of the molecule is Cc1ccc(CCN(C)CC(C)(C)C#N)c(C)c1. The highest BCUT2D eigenvalue weighted by Crippen LogP contribution is 2.16. The third-order valence-electron chi connectivity index (χ3n) is 3.23. The molecular formula is C16H24N2.